The van der Waals surface area contributed by atoms with E-state index in [0.29, 0.717) is 0 Å². The Kier molecular flexibility index (Phi) is 10.9. The number of carbonyl (C=O) groups excluding carboxylic acids is 1. The van der Waals surface area contributed by atoms with Crippen molar-refractivity contribution in [3.8, 4) is 0 Å². The predicted octanol–water partition coefficient (Wildman–Crippen LogP) is 8.98. The summed E-state index contributed by atoms with van der Waals surface area (Å²) in [5.41, 5.74) is 6.24. The number of hydrogen-bond acceptors (Lipinski definition) is 3. The predicted molar refractivity (Wildman–Crippen MR) is 153 cm³/mol. The minimum atomic E-state index is 0. The molecule has 0 atom stereocenters. The van der Waals surface area contributed by atoms with E-state index in [1.54, 1.807) is 0 Å². The van der Waals surface area contributed by atoms with Crippen LogP contribution in [-0.2, 0) is 30.3 Å². The van der Waals surface area contributed by atoms with Crippen LogP contribution in [0.2, 0.25) is 0 Å². The van der Waals surface area contributed by atoms with Gasteiger partial charge in [0.05, 0.1) is 5.76 Å². The Balaban J connectivity index is 0.000000271. The van der Waals surface area contributed by atoms with Crippen LogP contribution in [0, 0.1) is 31.7 Å². The molecule has 1 aliphatic rings. The molecule has 0 amide bonds. The van der Waals surface area contributed by atoms with Gasteiger partial charge in [-0.25, -0.2) is 0 Å². The van der Waals surface area contributed by atoms with Crippen LogP contribution in [0.3, 0.4) is 0 Å². The minimum absolute atomic E-state index is 0. The number of pyridine rings is 1. The number of aromatic nitrogens is 1. The van der Waals surface area contributed by atoms with Gasteiger partial charge < -0.3 is 10.1 Å². The number of aryl methyl sites for hydroxylation is 2. The van der Waals surface area contributed by atoms with Gasteiger partial charge in [0.25, 0.3) is 0 Å². The maximum absolute atomic E-state index is 11.7. The molecule has 4 rings (SSSR count). The van der Waals surface area contributed by atoms with Gasteiger partial charge in [-0.15, -0.1) is 34.0 Å². The minimum Gasteiger partial charge on any atom is -0.512 e. The van der Waals surface area contributed by atoms with E-state index in [1.807, 2.05) is 33.9 Å². The van der Waals surface area contributed by atoms with Gasteiger partial charge in [-0.3, -0.25) is 4.79 Å². The van der Waals surface area contributed by atoms with Crippen LogP contribution in [0.5, 0.6) is 0 Å². The fourth-order valence-electron chi connectivity index (χ4n) is 5.25. The molecule has 1 aliphatic carbocycles. The van der Waals surface area contributed by atoms with Crippen molar-refractivity contribution in [1.29, 1.82) is 0 Å². The van der Waals surface area contributed by atoms with Crippen molar-refractivity contribution in [3.05, 3.63) is 70.6 Å². The largest absolute Gasteiger partial charge is 0.512 e. The topological polar surface area (TPSA) is 50.2 Å². The molecule has 4 heteroatoms. The molecule has 3 aromatic rings. The van der Waals surface area contributed by atoms with Crippen molar-refractivity contribution in [2.75, 3.05) is 0 Å². The summed E-state index contributed by atoms with van der Waals surface area (Å²) in [5, 5.41) is 13.5. The van der Waals surface area contributed by atoms with E-state index in [1.165, 1.54) is 39.1 Å². The number of carbonyl (C=O) groups is 1. The van der Waals surface area contributed by atoms with Gasteiger partial charge in [-0.05, 0) is 53.8 Å². The Morgan fingerprint density at radius 3 is 2.27 bits per heavy atom. The van der Waals surface area contributed by atoms with Crippen molar-refractivity contribution in [2.24, 2.45) is 11.8 Å². The SMILES string of the molecule is CCC(CC)C(=O)/C=C(\O)C(CC)CC.Cc1[c-]c2c(cc3c4c(ccnc42)C=CC3(C)C)c(C)c1.[Ir]. The number of rotatable bonds is 7. The molecule has 2 aromatic carbocycles. The van der Waals surface area contributed by atoms with Gasteiger partial charge in [-0.1, -0.05) is 73.6 Å². The first kappa shape index (κ1) is 30.9. The van der Waals surface area contributed by atoms with Gasteiger partial charge in [0.15, 0.2) is 5.78 Å². The maximum atomic E-state index is 11.7. The molecule has 1 heterocycles. The number of ketones is 1. The zero-order valence-corrected chi connectivity index (χ0v) is 26.1. The van der Waals surface area contributed by atoms with Crippen LogP contribution in [0.4, 0.5) is 0 Å². The Bertz CT molecular complexity index is 1310. The molecular weight excluding hydrogens is 635 g/mol. The molecule has 0 aliphatic heterocycles. The van der Waals surface area contributed by atoms with E-state index < -0.39 is 0 Å². The van der Waals surface area contributed by atoms with Gasteiger partial charge in [0.1, 0.15) is 0 Å². The second kappa shape index (κ2) is 13.0. The van der Waals surface area contributed by atoms with E-state index in [9.17, 15) is 9.90 Å². The van der Waals surface area contributed by atoms with Crippen molar-refractivity contribution >= 4 is 33.5 Å². The van der Waals surface area contributed by atoms with Crippen LogP contribution in [0.25, 0.3) is 27.8 Å². The molecule has 3 nitrogen and oxygen atoms in total. The normalized spacial score (nSPS) is 14.1. The Morgan fingerprint density at radius 1 is 1.05 bits per heavy atom. The summed E-state index contributed by atoms with van der Waals surface area (Å²) >= 11 is 0. The molecule has 37 heavy (non-hydrogen) atoms. The standard InChI is InChI=1S/C20H18N.C13H24O2.Ir/c1-12-9-13(2)15-11-17-18-14(5-7-20(17,3)4)6-8-21-19(18)16(15)10-12;1-5-10(6-2)12(14)9-13(15)11(7-3)8-4;/h5-9,11H,1-4H3;9-11,14H,5-8H2,1-4H3;/q-1;;/b;12-9-;. The first-order valence-electron chi connectivity index (χ1n) is 13.5. The fourth-order valence-corrected chi connectivity index (χ4v) is 5.25. The van der Waals surface area contributed by atoms with Crippen molar-refractivity contribution in [1.82, 2.24) is 4.98 Å². The molecule has 0 bridgehead atoms. The summed E-state index contributed by atoms with van der Waals surface area (Å²) in [4.78, 5) is 16.4. The number of benzene rings is 2. The quantitative estimate of drug-likeness (QED) is 0.118. The number of allylic oxidation sites excluding steroid dienone is 3. The van der Waals surface area contributed by atoms with Gasteiger partial charge in [0, 0.05) is 49.6 Å². The fraction of sp³-hybridized carbons (Fsp3) is 0.455. The third kappa shape index (κ3) is 6.59. The Morgan fingerprint density at radius 2 is 1.68 bits per heavy atom. The third-order valence-electron chi connectivity index (χ3n) is 7.68. The van der Waals surface area contributed by atoms with E-state index >= 15 is 0 Å². The summed E-state index contributed by atoms with van der Waals surface area (Å²) in [6.45, 7) is 16.9. The summed E-state index contributed by atoms with van der Waals surface area (Å²) in [5.74, 6) is 0.547. The maximum Gasteiger partial charge on any atom is 0.162 e. The molecule has 1 radical (unpaired) electrons. The molecule has 0 fully saturated rings. The second-order valence-electron chi connectivity index (χ2n) is 10.7. The van der Waals surface area contributed by atoms with E-state index in [0.717, 1.165) is 36.6 Å². The second-order valence-corrected chi connectivity index (χ2v) is 10.7. The number of aliphatic hydroxyl groups excluding tert-OH is 1. The molecule has 0 saturated carbocycles. The average molecular weight is 677 g/mol. The first-order chi connectivity index (χ1) is 17.1. The zero-order chi connectivity index (χ0) is 26.6. The molecular formula is C33H42IrNO2-. The summed E-state index contributed by atoms with van der Waals surface area (Å²) in [6, 6.07) is 10.2. The van der Waals surface area contributed by atoms with Crippen LogP contribution < -0.4 is 0 Å². The van der Waals surface area contributed by atoms with Crippen molar-refractivity contribution in [3.63, 3.8) is 0 Å². The van der Waals surface area contributed by atoms with Gasteiger partial charge in [0.2, 0.25) is 0 Å². The number of hydrogen-bond donors (Lipinski definition) is 1. The third-order valence-corrected chi connectivity index (χ3v) is 7.68. The van der Waals surface area contributed by atoms with Crippen molar-refractivity contribution < 1.29 is 30.0 Å². The van der Waals surface area contributed by atoms with Crippen LogP contribution in [0.15, 0.2) is 42.3 Å². The van der Waals surface area contributed by atoms with Gasteiger partial charge >= 0.3 is 0 Å². The van der Waals surface area contributed by atoms with E-state index in [4.69, 9.17) is 4.98 Å². The molecule has 201 valence electrons. The number of aliphatic hydroxyl groups is 1. The van der Waals surface area contributed by atoms with E-state index in [2.05, 4.69) is 64.1 Å². The van der Waals surface area contributed by atoms with Crippen LogP contribution in [-0.4, -0.2) is 15.9 Å². The molecule has 0 saturated heterocycles. The van der Waals surface area contributed by atoms with Crippen LogP contribution >= 0.6 is 0 Å². The first-order valence-corrected chi connectivity index (χ1v) is 13.5. The number of fused-ring (bicyclic) bond motifs is 2. The Labute approximate surface area is 236 Å². The summed E-state index contributed by atoms with van der Waals surface area (Å²) in [7, 11) is 0. The molecule has 0 spiro atoms. The Hall–Kier alpha value is -2.29. The molecule has 1 N–H and O–H groups in total. The summed E-state index contributed by atoms with van der Waals surface area (Å²) < 4.78 is 0. The van der Waals surface area contributed by atoms with Crippen LogP contribution in [0.1, 0.15) is 89.5 Å². The molecule has 0 unspecified atom stereocenters. The zero-order valence-electron chi connectivity index (χ0n) is 23.7. The summed E-state index contributed by atoms with van der Waals surface area (Å²) in [6.07, 6.45) is 11.3. The monoisotopic (exact) mass is 677 g/mol. The molecule has 1 aromatic heterocycles. The number of nitrogens with zero attached hydrogens (tertiary/aromatic N) is 1. The van der Waals surface area contributed by atoms with Crippen molar-refractivity contribution in [2.45, 2.75) is 86.5 Å². The van der Waals surface area contributed by atoms with E-state index in [-0.39, 0.29) is 48.9 Å². The smallest absolute Gasteiger partial charge is 0.162 e. The van der Waals surface area contributed by atoms with Gasteiger partial charge in [-0.2, -0.15) is 0 Å². The average Bonchev–Trinajstić information content (AvgIpc) is 2.83.